The molecule has 0 aliphatic rings. The van der Waals surface area contributed by atoms with Gasteiger partial charge in [-0.3, -0.25) is 9.36 Å². The number of hydrogen-bond donors (Lipinski definition) is 1. The Labute approximate surface area is 157 Å². The zero-order valence-electron chi connectivity index (χ0n) is 16.0. The summed E-state index contributed by atoms with van der Waals surface area (Å²) in [5.74, 6) is -0.430. The van der Waals surface area contributed by atoms with E-state index >= 15 is 0 Å². The third-order valence-corrected chi connectivity index (χ3v) is 4.18. The minimum Gasteiger partial charge on any atom is -0.459 e. The number of rotatable bonds is 4. The summed E-state index contributed by atoms with van der Waals surface area (Å²) in [6.45, 7) is 5.42. The second-order valence-corrected chi connectivity index (χ2v) is 7.53. The highest BCUT2D eigenvalue weighted by Gasteiger charge is 2.22. The number of esters is 1. The second-order valence-electron chi connectivity index (χ2n) is 7.53. The lowest BCUT2D eigenvalue weighted by Gasteiger charge is -2.22. The summed E-state index contributed by atoms with van der Waals surface area (Å²) < 4.78 is 8.44. The molecule has 0 unspecified atom stereocenters. The normalized spacial score (nSPS) is 12.9. The molecule has 142 valence electrons. The second kappa shape index (κ2) is 7.00. The lowest BCUT2D eigenvalue weighted by Crippen LogP contribution is -2.38. The molecule has 2 heterocycles. The number of carbonyl (C=O) groups is 1. The molecular weight excluding hydrogens is 344 g/mol. The number of fused-ring (bicyclic) bond motifs is 1. The lowest BCUT2D eigenvalue weighted by molar-refractivity contribution is -0.156. The van der Waals surface area contributed by atoms with E-state index in [4.69, 9.17) is 10.5 Å². The van der Waals surface area contributed by atoms with Crippen molar-refractivity contribution < 1.29 is 9.53 Å². The van der Waals surface area contributed by atoms with Crippen LogP contribution in [-0.2, 0) is 23.0 Å². The van der Waals surface area contributed by atoms with Gasteiger partial charge in [0.2, 0.25) is 0 Å². The fourth-order valence-corrected chi connectivity index (χ4v) is 2.89. The van der Waals surface area contributed by atoms with Gasteiger partial charge in [0.1, 0.15) is 11.6 Å². The Morgan fingerprint density at radius 2 is 1.89 bits per heavy atom. The third-order valence-electron chi connectivity index (χ3n) is 4.18. The van der Waals surface area contributed by atoms with Gasteiger partial charge in [-0.25, -0.2) is 14.3 Å². The molecular formula is C20H24N4O3. The average molecular weight is 368 g/mol. The first kappa shape index (κ1) is 18.8. The van der Waals surface area contributed by atoms with E-state index in [9.17, 15) is 9.59 Å². The molecule has 0 bridgehead atoms. The van der Waals surface area contributed by atoms with Crippen LogP contribution in [-0.4, -0.2) is 31.7 Å². The molecule has 0 spiro atoms. The van der Waals surface area contributed by atoms with Crippen LogP contribution in [0.1, 0.15) is 26.3 Å². The Hall–Kier alpha value is -2.93. The number of carbonyl (C=O) groups excluding carboxylic acids is 1. The number of ether oxygens (including phenoxy) is 1. The van der Waals surface area contributed by atoms with Crippen molar-refractivity contribution in [2.24, 2.45) is 12.8 Å². The summed E-state index contributed by atoms with van der Waals surface area (Å²) >= 11 is 0. The molecule has 0 fully saturated rings. The van der Waals surface area contributed by atoms with Gasteiger partial charge >= 0.3 is 11.7 Å². The van der Waals surface area contributed by atoms with E-state index in [0.717, 1.165) is 11.1 Å². The summed E-state index contributed by atoms with van der Waals surface area (Å²) in [5, 5.41) is 0. The molecule has 2 N–H and O–H groups in total. The van der Waals surface area contributed by atoms with Crippen LogP contribution < -0.4 is 11.4 Å². The van der Waals surface area contributed by atoms with E-state index in [0.29, 0.717) is 17.8 Å². The number of nitrogens with zero attached hydrogens (tertiary/aromatic N) is 3. The van der Waals surface area contributed by atoms with Crippen molar-refractivity contribution in [2.75, 3.05) is 0 Å². The number of aryl methyl sites for hydroxylation is 1. The molecule has 2 aromatic heterocycles. The van der Waals surface area contributed by atoms with Crippen LogP contribution in [0.15, 0.2) is 47.4 Å². The molecule has 0 aliphatic heterocycles. The van der Waals surface area contributed by atoms with Crippen LogP contribution in [0.5, 0.6) is 0 Å². The van der Waals surface area contributed by atoms with E-state index in [1.54, 1.807) is 28.4 Å². The molecule has 0 aliphatic carbocycles. The van der Waals surface area contributed by atoms with Crippen molar-refractivity contribution in [3.05, 3.63) is 58.6 Å². The first-order chi connectivity index (χ1) is 12.7. The minimum absolute atomic E-state index is 0.165. The zero-order chi connectivity index (χ0) is 19.8. The molecule has 7 nitrogen and oxygen atoms in total. The Morgan fingerprint density at radius 3 is 2.52 bits per heavy atom. The highest BCUT2D eigenvalue weighted by atomic mass is 16.6. The Morgan fingerprint density at radius 1 is 1.22 bits per heavy atom. The summed E-state index contributed by atoms with van der Waals surface area (Å²) in [5.41, 5.74) is 8.19. The molecule has 3 rings (SSSR count). The van der Waals surface area contributed by atoms with Crippen molar-refractivity contribution in [1.82, 2.24) is 14.1 Å². The molecule has 1 atom stereocenters. The Kier molecular flexibility index (Phi) is 4.89. The molecule has 1 aromatic carbocycles. The van der Waals surface area contributed by atoms with Crippen molar-refractivity contribution in [3.8, 4) is 5.69 Å². The third kappa shape index (κ3) is 3.93. The number of hydrogen-bond acceptors (Lipinski definition) is 5. The first-order valence-electron chi connectivity index (χ1n) is 8.77. The van der Waals surface area contributed by atoms with Gasteiger partial charge in [-0.05, 0) is 57.0 Å². The largest absolute Gasteiger partial charge is 0.459 e. The standard InChI is InChI=1S/C20H24N4O3/c1-20(2,3)27-18(25)15(21)12-13-7-9-14(10-8-13)24-17-16(6-5-11-22-17)23(4)19(24)26/h5-11,15H,12,21H2,1-4H3/t15-/m0/s1. The monoisotopic (exact) mass is 368 g/mol. The lowest BCUT2D eigenvalue weighted by atomic mass is 10.1. The predicted octanol–water partition coefficient (Wildman–Crippen LogP) is 1.94. The molecule has 0 radical (unpaired) electrons. The van der Waals surface area contributed by atoms with Crippen molar-refractivity contribution in [3.63, 3.8) is 0 Å². The molecule has 3 aromatic rings. The average Bonchev–Trinajstić information content (AvgIpc) is 2.86. The van der Waals surface area contributed by atoms with Crippen LogP contribution in [0.25, 0.3) is 16.9 Å². The molecule has 0 saturated carbocycles. The molecule has 27 heavy (non-hydrogen) atoms. The maximum atomic E-state index is 12.6. The van der Waals surface area contributed by atoms with E-state index < -0.39 is 17.6 Å². The summed E-state index contributed by atoms with van der Waals surface area (Å²) in [6, 6.07) is 10.3. The summed E-state index contributed by atoms with van der Waals surface area (Å²) in [6.07, 6.45) is 2.02. The Balaban J connectivity index is 1.84. The number of nitrogens with two attached hydrogens (primary N) is 1. The maximum absolute atomic E-state index is 12.6. The van der Waals surface area contributed by atoms with Gasteiger partial charge in [-0.15, -0.1) is 0 Å². The van der Waals surface area contributed by atoms with Gasteiger partial charge < -0.3 is 10.5 Å². The van der Waals surface area contributed by atoms with Gasteiger partial charge in [0.15, 0.2) is 5.65 Å². The molecule has 0 saturated heterocycles. The van der Waals surface area contributed by atoms with Crippen molar-refractivity contribution in [1.29, 1.82) is 0 Å². The number of pyridine rings is 1. The quantitative estimate of drug-likeness (QED) is 0.711. The van der Waals surface area contributed by atoms with Crippen LogP contribution in [0, 0.1) is 0 Å². The van der Waals surface area contributed by atoms with Crippen molar-refractivity contribution in [2.45, 2.75) is 38.8 Å². The van der Waals surface area contributed by atoms with Crippen LogP contribution in [0.3, 0.4) is 0 Å². The summed E-state index contributed by atoms with van der Waals surface area (Å²) in [4.78, 5) is 28.9. The van der Waals surface area contributed by atoms with Gasteiger partial charge in [0, 0.05) is 13.2 Å². The van der Waals surface area contributed by atoms with Crippen LogP contribution in [0.2, 0.25) is 0 Å². The molecule has 0 amide bonds. The fourth-order valence-electron chi connectivity index (χ4n) is 2.89. The maximum Gasteiger partial charge on any atom is 0.334 e. The highest BCUT2D eigenvalue weighted by molar-refractivity contribution is 5.76. The SMILES string of the molecule is Cn1c(=O)n(-c2ccc(C[C@H](N)C(=O)OC(C)(C)C)cc2)c2ncccc21. The van der Waals surface area contributed by atoms with Gasteiger partial charge in [-0.1, -0.05) is 12.1 Å². The van der Waals surface area contributed by atoms with Crippen LogP contribution in [0.4, 0.5) is 0 Å². The number of imidazole rings is 1. The van der Waals surface area contributed by atoms with Gasteiger partial charge in [0.25, 0.3) is 0 Å². The zero-order valence-corrected chi connectivity index (χ0v) is 16.0. The number of aromatic nitrogens is 3. The highest BCUT2D eigenvalue weighted by Crippen LogP contribution is 2.16. The minimum atomic E-state index is -0.739. The van der Waals surface area contributed by atoms with Gasteiger partial charge in [0.05, 0.1) is 11.2 Å². The van der Waals surface area contributed by atoms with E-state index in [-0.39, 0.29) is 5.69 Å². The van der Waals surface area contributed by atoms with Crippen LogP contribution >= 0.6 is 0 Å². The predicted molar refractivity (Wildman–Crippen MR) is 104 cm³/mol. The fraction of sp³-hybridized carbons (Fsp3) is 0.350. The number of benzene rings is 1. The van der Waals surface area contributed by atoms with E-state index in [2.05, 4.69) is 4.98 Å². The van der Waals surface area contributed by atoms with E-state index in [1.807, 2.05) is 51.1 Å². The van der Waals surface area contributed by atoms with E-state index in [1.165, 1.54) is 0 Å². The summed E-state index contributed by atoms with van der Waals surface area (Å²) in [7, 11) is 1.72. The van der Waals surface area contributed by atoms with Gasteiger partial charge in [-0.2, -0.15) is 0 Å². The Bertz CT molecular complexity index is 1030. The first-order valence-corrected chi connectivity index (χ1v) is 8.77. The smallest absolute Gasteiger partial charge is 0.334 e. The topological polar surface area (TPSA) is 92.1 Å². The van der Waals surface area contributed by atoms with Crippen molar-refractivity contribution >= 4 is 17.1 Å². The molecule has 7 heteroatoms.